The molecule has 4 aliphatic rings. The van der Waals surface area contributed by atoms with Crippen LogP contribution in [0.1, 0.15) is 103 Å². The number of fused-ring (bicyclic) bond motifs is 2. The third-order valence-corrected chi connectivity index (χ3v) is 13.4. The van der Waals surface area contributed by atoms with E-state index in [4.69, 9.17) is 17.3 Å². The van der Waals surface area contributed by atoms with Crippen LogP contribution in [0.3, 0.4) is 0 Å². The highest BCUT2D eigenvalue weighted by atomic mass is 35.5. The Hall–Kier alpha value is -5.91. The van der Waals surface area contributed by atoms with Crippen LogP contribution in [-0.4, -0.2) is 129 Å². The number of carbonyl (C=O) groups is 6. The van der Waals surface area contributed by atoms with Gasteiger partial charge >= 0.3 is 0 Å². The van der Waals surface area contributed by atoms with Crippen LogP contribution >= 0.6 is 11.6 Å². The van der Waals surface area contributed by atoms with Gasteiger partial charge in [-0.2, -0.15) is 0 Å². The Balaban J connectivity index is 0.730. The van der Waals surface area contributed by atoms with Crippen molar-refractivity contribution in [3.8, 4) is 0 Å². The molecular formula is C46H56ClN11O6. The maximum Gasteiger partial charge on any atom is 0.264 e. The lowest BCUT2D eigenvalue weighted by atomic mass is 9.87. The molecule has 0 aliphatic carbocycles. The summed E-state index contributed by atoms with van der Waals surface area (Å²) < 4.78 is 0. The van der Waals surface area contributed by atoms with Crippen LogP contribution in [0.4, 0.5) is 11.5 Å². The summed E-state index contributed by atoms with van der Waals surface area (Å²) in [6.45, 7) is 5.38. The number of nitrogens with zero attached hydrogens (tertiary/aromatic N) is 6. The number of imide groups is 2. The lowest BCUT2D eigenvalue weighted by molar-refractivity contribution is -0.136. The average molecular weight is 894 g/mol. The second-order valence-electron chi connectivity index (χ2n) is 17.3. The molecule has 17 nitrogen and oxygen atoms in total. The topological polar surface area (TPSA) is 219 Å². The maximum absolute atomic E-state index is 13.9. The fraction of sp³-hybridized carbons (Fsp3) is 0.478. The van der Waals surface area contributed by atoms with Gasteiger partial charge in [-0.1, -0.05) is 49.1 Å². The van der Waals surface area contributed by atoms with E-state index in [-0.39, 0.29) is 41.8 Å². The van der Waals surface area contributed by atoms with Crippen LogP contribution in [0.25, 0.3) is 11.0 Å². The zero-order chi connectivity index (χ0) is 44.8. The largest absolute Gasteiger partial charge is 0.384 e. The van der Waals surface area contributed by atoms with E-state index in [1.165, 1.54) is 0 Å². The smallest absolute Gasteiger partial charge is 0.264 e. The van der Waals surface area contributed by atoms with Gasteiger partial charge in [-0.25, -0.2) is 9.97 Å². The highest BCUT2D eigenvalue weighted by Crippen LogP contribution is 2.33. The first-order valence-electron chi connectivity index (χ1n) is 22.5. The number of hydrogen-bond donors (Lipinski definition) is 5. The molecular weight excluding hydrogens is 838 g/mol. The van der Waals surface area contributed by atoms with Gasteiger partial charge < -0.3 is 31.2 Å². The fourth-order valence-corrected chi connectivity index (χ4v) is 9.41. The number of carbonyl (C=O) groups excluding carboxylic acids is 6. The van der Waals surface area contributed by atoms with Crippen LogP contribution in [0.2, 0.25) is 5.02 Å². The molecule has 338 valence electrons. The van der Waals surface area contributed by atoms with Gasteiger partial charge in [-0.15, -0.1) is 0 Å². The molecule has 0 radical (unpaired) electrons. The molecule has 2 aromatic heterocycles. The van der Waals surface area contributed by atoms with E-state index < -0.39 is 35.2 Å². The van der Waals surface area contributed by atoms with E-state index in [0.717, 1.165) is 79.1 Å². The minimum Gasteiger partial charge on any atom is -0.384 e. The first-order chi connectivity index (χ1) is 31.0. The number of nitrogens with two attached hydrogens (primary N) is 1. The third kappa shape index (κ3) is 9.91. The molecule has 6 heterocycles. The minimum absolute atomic E-state index is 0.0711. The Morgan fingerprint density at radius 3 is 2.41 bits per heavy atom. The van der Waals surface area contributed by atoms with Crippen molar-refractivity contribution in [1.82, 2.24) is 40.3 Å². The molecule has 3 saturated heterocycles. The lowest BCUT2D eigenvalue weighted by Gasteiger charge is -2.39. The summed E-state index contributed by atoms with van der Waals surface area (Å²) >= 11 is 6.23. The van der Waals surface area contributed by atoms with Crippen molar-refractivity contribution in [3.63, 3.8) is 0 Å². The SMILES string of the molecule is NC1(C(=O)N[C@@H](CCN2CCN(C(=O)CCCCCCCNc3cccc4c3C(=O)N(C3CCC(=O)NC3=O)C4=O)CC2)c2ccc(Cl)cc2)CCN(c2ncnc3[nH]ccc23)CC1. The lowest BCUT2D eigenvalue weighted by Crippen LogP contribution is -2.60. The van der Waals surface area contributed by atoms with E-state index in [1.807, 2.05) is 41.4 Å². The Morgan fingerprint density at radius 1 is 0.891 bits per heavy atom. The molecule has 8 rings (SSSR count). The standard InChI is InChI=1S/C46H56ClN11O6/c47-31-12-10-30(11-13-31)34(53-45(64)46(48)18-23-57(24-19-46)41-33-16-21-50-40(33)51-29-52-41)17-22-55-25-27-56(28-26-55)38(60)9-4-2-1-3-5-20-49-35-8-6-7-32-39(35)44(63)58(43(32)62)36-14-15-37(59)54-42(36)61/h6-8,10-13,16,21,29,34,36,49H,1-5,9,14-15,17-20,22-28,48H2,(H,53,64)(H,50,51,52)(H,54,59,61)/t34-,36?/m0/s1. The number of rotatable bonds is 17. The van der Waals surface area contributed by atoms with Crippen molar-refractivity contribution < 1.29 is 28.8 Å². The van der Waals surface area contributed by atoms with Crippen molar-refractivity contribution >= 4 is 69.6 Å². The third-order valence-electron chi connectivity index (χ3n) is 13.1. The number of nitrogens with one attached hydrogen (secondary N) is 4. The van der Waals surface area contributed by atoms with E-state index in [0.29, 0.717) is 69.1 Å². The van der Waals surface area contributed by atoms with Gasteiger partial charge in [0, 0.05) is 82.1 Å². The van der Waals surface area contributed by atoms with Crippen molar-refractivity contribution in [3.05, 3.63) is 82.8 Å². The summed E-state index contributed by atoms with van der Waals surface area (Å²) in [6, 6.07) is 13.3. The number of piperidine rings is 2. The number of aromatic nitrogens is 3. The van der Waals surface area contributed by atoms with Gasteiger partial charge in [0.1, 0.15) is 23.8 Å². The second-order valence-corrected chi connectivity index (χ2v) is 17.7. The molecule has 0 spiro atoms. The first kappa shape index (κ1) is 44.7. The molecule has 2 aromatic carbocycles. The summed E-state index contributed by atoms with van der Waals surface area (Å²) in [7, 11) is 0. The number of aromatic amines is 1. The van der Waals surface area contributed by atoms with Gasteiger partial charge in [-0.05, 0) is 74.4 Å². The van der Waals surface area contributed by atoms with Crippen molar-refractivity contribution in [2.24, 2.45) is 5.73 Å². The van der Waals surface area contributed by atoms with Gasteiger partial charge in [0.25, 0.3) is 11.8 Å². The zero-order valence-corrected chi connectivity index (χ0v) is 36.7. The minimum atomic E-state index is -1.02. The van der Waals surface area contributed by atoms with E-state index >= 15 is 0 Å². The van der Waals surface area contributed by atoms with Crippen LogP contribution < -0.4 is 26.6 Å². The molecule has 1 unspecified atom stereocenters. The van der Waals surface area contributed by atoms with Gasteiger partial charge in [0.2, 0.25) is 23.6 Å². The summed E-state index contributed by atoms with van der Waals surface area (Å²) in [6.07, 6.45) is 10.2. The Bertz CT molecular complexity index is 2370. The zero-order valence-electron chi connectivity index (χ0n) is 36.0. The monoisotopic (exact) mass is 893 g/mol. The molecule has 0 bridgehead atoms. The predicted octanol–water partition coefficient (Wildman–Crippen LogP) is 4.15. The van der Waals surface area contributed by atoms with Crippen molar-refractivity contribution in [2.75, 3.05) is 62.6 Å². The van der Waals surface area contributed by atoms with Crippen LogP contribution in [-0.2, 0) is 19.2 Å². The molecule has 64 heavy (non-hydrogen) atoms. The van der Waals surface area contributed by atoms with Crippen LogP contribution in [0, 0.1) is 0 Å². The van der Waals surface area contributed by atoms with E-state index in [1.54, 1.807) is 24.5 Å². The Labute approximate surface area is 376 Å². The number of unbranched alkanes of at least 4 members (excludes halogenated alkanes) is 4. The Kier molecular flexibility index (Phi) is 13.9. The number of amides is 6. The van der Waals surface area contributed by atoms with E-state index in [9.17, 15) is 28.8 Å². The number of halogens is 1. The molecule has 2 atom stereocenters. The quantitative estimate of drug-likeness (QED) is 0.0746. The Morgan fingerprint density at radius 2 is 1.64 bits per heavy atom. The number of piperazine rings is 1. The van der Waals surface area contributed by atoms with Gasteiger partial charge in [-0.3, -0.25) is 43.9 Å². The van der Waals surface area contributed by atoms with Crippen molar-refractivity contribution in [1.29, 1.82) is 0 Å². The average Bonchev–Trinajstić information content (AvgIpc) is 3.89. The fourth-order valence-electron chi connectivity index (χ4n) is 9.28. The van der Waals surface area contributed by atoms with Gasteiger partial charge in [0.15, 0.2) is 0 Å². The highest BCUT2D eigenvalue weighted by molar-refractivity contribution is 6.30. The second kappa shape index (κ2) is 19.9. The van der Waals surface area contributed by atoms with Gasteiger partial charge in [0.05, 0.1) is 28.1 Å². The van der Waals surface area contributed by atoms with Crippen molar-refractivity contribution in [2.45, 2.75) is 88.3 Å². The van der Waals surface area contributed by atoms with Crippen LogP contribution in [0.5, 0.6) is 0 Å². The summed E-state index contributed by atoms with van der Waals surface area (Å²) in [5.74, 6) is -1.24. The van der Waals surface area contributed by atoms with E-state index in [2.05, 4.69) is 40.7 Å². The number of H-pyrrole nitrogens is 1. The molecule has 6 amide bonds. The number of anilines is 2. The summed E-state index contributed by atoms with van der Waals surface area (Å²) in [5.41, 5.74) is 8.61. The molecule has 6 N–H and O–H groups in total. The van der Waals surface area contributed by atoms with Crippen LogP contribution in [0.15, 0.2) is 61.1 Å². The maximum atomic E-state index is 13.9. The molecule has 0 saturated carbocycles. The molecule has 18 heteroatoms. The normalized spacial score (nSPS) is 19.5. The summed E-state index contributed by atoms with van der Waals surface area (Å²) in [5, 5.41) is 10.4. The molecule has 4 aromatic rings. The number of hydrogen-bond acceptors (Lipinski definition) is 12. The summed E-state index contributed by atoms with van der Waals surface area (Å²) in [4.78, 5) is 96.9. The molecule has 3 fully saturated rings. The molecule has 4 aliphatic heterocycles. The number of benzene rings is 2. The highest BCUT2D eigenvalue weighted by Gasteiger charge is 2.46. The first-order valence-corrected chi connectivity index (χ1v) is 22.8. The predicted molar refractivity (Wildman–Crippen MR) is 242 cm³/mol.